The molecule has 0 radical (unpaired) electrons. The Hall–Kier alpha value is -3.93. The van der Waals surface area contributed by atoms with Gasteiger partial charge in [-0.1, -0.05) is 19.1 Å². The van der Waals surface area contributed by atoms with Gasteiger partial charge in [-0.3, -0.25) is 14.6 Å². The highest BCUT2D eigenvalue weighted by atomic mass is 16.2. The summed E-state index contributed by atoms with van der Waals surface area (Å²) in [5, 5.41) is 7.04. The molecule has 5 rings (SSSR count). The van der Waals surface area contributed by atoms with Crippen LogP contribution in [0.2, 0.25) is 0 Å². The summed E-state index contributed by atoms with van der Waals surface area (Å²) in [6.45, 7) is 2.26. The minimum Gasteiger partial charge on any atom is -0.355 e. The van der Waals surface area contributed by atoms with Gasteiger partial charge < -0.3 is 15.6 Å². The summed E-state index contributed by atoms with van der Waals surface area (Å²) in [5.74, 6) is 0.783. The molecule has 1 aliphatic rings. The number of benzene rings is 2. The topological polar surface area (TPSA) is 86.9 Å². The second kappa shape index (κ2) is 9.51. The molecule has 1 aliphatic carbocycles. The van der Waals surface area contributed by atoms with Gasteiger partial charge in [0.05, 0.1) is 5.56 Å². The average Bonchev–Trinajstić information content (AvgIpc) is 3.29. The molecule has 0 bridgehead atoms. The number of carbonyl (C=O) groups is 2. The zero-order valence-electron chi connectivity index (χ0n) is 19.2. The third-order valence-electron chi connectivity index (χ3n) is 6.65. The van der Waals surface area contributed by atoms with Gasteiger partial charge in [0.25, 0.3) is 5.91 Å². The summed E-state index contributed by atoms with van der Waals surface area (Å²) in [4.78, 5) is 32.4. The molecule has 1 fully saturated rings. The summed E-state index contributed by atoms with van der Waals surface area (Å²) in [5.41, 5.74) is 5.06. The zero-order chi connectivity index (χ0) is 23.5. The van der Waals surface area contributed by atoms with Crippen molar-refractivity contribution in [3.63, 3.8) is 0 Å². The lowest BCUT2D eigenvalue weighted by molar-refractivity contribution is -0.121. The van der Waals surface area contributed by atoms with Crippen LogP contribution in [-0.2, 0) is 4.79 Å². The summed E-state index contributed by atoms with van der Waals surface area (Å²) in [6.07, 6.45) is 7.39. The van der Waals surface area contributed by atoms with E-state index in [4.69, 9.17) is 0 Å². The van der Waals surface area contributed by atoms with E-state index in [9.17, 15) is 9.59 Å². The van der Waals surface area contributed by atoms with Crippen LogP contribution in [0.1, 0.15) is 43.0 Å². The number of H-pyrrole nitrogens is 1. The maximum atomic E-state index is 12.7. The predicted molar refractivity (Wildman–Crippen MR) is 136 cm³/mol. The predicted octanol–water partition coefficient (Wildman–Crippen LogP) is 6.25. The molecule has 2 aromatic heterocycles. The first-order valence-electron chi connectivity index (χ1n) is 11.8. The fourth-order valence-electron chi connectivity index (χ4n) is 4.57. The first kappa shape index (κ1) is 21.9. The van der Waals surface area contributed by atoms with Crippen LogP contribution in [0.4, 0.5) is 11.4 Å². The Bertz CT molecular complexity index is 1300. The zero-order valence-corrected chi connectivity index (χ0v) is 19.2. The largest absolute Gasteiger partial charge is 0.355 e. The molecule has 6 nitrogen and oxygen atoms in total. The van der Waals surface area contributed by atoms with Crippen LogP contribution in [0.3, 0.4) is 0 Å². The quantitative estimate of drug-likeness (QED) is 0.335. The number of aromatic nitrogens is 2. The van der Waals surface area contributed by atoms with Gasteiger partial charge in [-0.15, -0.1) is 0 Å². The highest BCUT2D eigenvalue weighted by Gasteiger charge is 2.24. The van der Waals surface area contributed by atoms with E-state index in [1.54, 1.807) is 24.5 Å². The van der Waals surface area contributed by atoms with E-state index in [1.807, 2.05) is 42.5 Å². The number of hydrogen-bond donors (Lipinski definition) is 3. The molecule has 0 unspecified atom stereocenters. The molecule has 4 aromatic rings. The minimum absolute atomic E-state index is 0.117. The maximum Gasteiger partial charge on any atom is 0.257 e. The molecule has 2 aromatic carbocycles. The van der Waals surface area contributed by atoms with Crippen molar-refractivity contribution >= 4 is 34.1 Å². The summed E-state index contributed by atoms with van der Waals surface area (Å²) in [7, 11) is 0. The molecular weight excluding hydrogens is 424 g/mol. The fraction of sp³-hybridized carbons (Fsp3) is 0.250. The highest BCUT2D eigenvalue weighted by Crippen LogP contribution is 2.30. The Morgan fingerprint density at radius 1 is 0.912 bits per heavy atom. The summed E-state index contributed by atoms with van der Waals surface area (Å²) < 4.78 is 0. The standard InChI is InChI=1S/C28H28N4O2/c1-18-4-6-20(7-5-18)27(33)31-24-12-13-25-22(15-24)16-26(32-25)19-8-10-23(11-9-19)30-28(34)21-3-2-14-29-17-21/h2-3,8-18,20,32H,4-7H2,1H3,(H,30,34)(H,31,33). The van der Waals surface area contributed by atoms with E-state index >= 15 is 0 Å². The van der Waals surface area contributed by atoms with E-state index < -0.39 is 0 Å². The average molecular weight is 453 g/mol. The number of anilines is 2. The van der Waals surface area contributed by atoms with Crippen molar-refractivity contribution in [2.24, 2.45) is 11.8 Å². The van der Waals surface area contributed by atoms with E-state index in [-0.39, 0.29) is 17.7 Å². The number of nitrogens with one attached hydrogen (secondary N) is 3. The van der Waals surface area contributed by atoms with Crippen LogP contribution >= 0.6 is 0 Å². The van der Waals surface area contributed by atoms with Crippen LogP contribution < -0.4 is 10.6 Å². The van der Waals surface area contributed by atoms with Crippen molar-refractivity contribution < 1.29 is 9.59 Å². The number of pyridine rings is 1. The number of amides is 2. The van der Waals surface area contributed by atoms with Crippen LogP contribution in [0.5, 0.6) is 0 Å². The van der Waals surface area contributed by atoms with Gasteiger partial charge in [0.1, 0.15) is 0 Å². The van der Waals surface area contributed by atoms with Crippen LogP contribution in [0, 0.1) is 11.8 Å². The monoisotopic (exact) mass is 452 g/mol. The third-order valence-corrected chi connectivity index (χ3v) is 6.65. The summed E-state index contributed by atoms with van der Waals surface area (Å²) >= 11 is 0. The lowest BCUT2D eigenvalue weighted by Gasteiger charge is -2.25. The molecule has 6 heteroatoms. The maximum absolute atomic E-state index is 12.7. The Morgan fingerprint density at radius 2 is 1.68 bits per heavy atom. The highest BCUT2D eigenvalue weighted by molar-refractivity contribution is 6.04. The lowest BCUT2D eigenvalue weighted by atomic mass is 9.82. The van der Waals surface area contributed by atoms with Crippen molar-refractivity contribution in [1.82, 2.24) is 9.97 Å². The Balaban J connectivity index is 1.27. The molecule has 0 atom stereocenters. The normalized spacial score (nSPS) is 17.9. The molecule has 172 valence electrons. The van der Waals surface area contributed by atoms with Gasteiger partial charge in [0.2, 0.25) is 5.91 Å². The van der Waals surface area contributed by atoms with Gasteiger partial charge in [0, 0.05) is 46.3 Å². The van der Waals surface area contributed by atoms with E-state index in [0.717, 1.165) is 65.1 Å². The third kappa shape index (κ3) is 4.86. The van der Waals surface area contributed by atoms with Crippen molar-refractivity contribution in [2.45, 2.75) is 32.6 Å². The van der Waals surface area contributed by atoms with E-state index in [1.165, 1.54) is 0 Å². The number of carbonyl (C=O) groups excluding carboxylic acids is 2. The summed E-state index contributed by atoms with van der Waals surface area (Å²) in [6, 6.07) is 19.2. The van der Waals surface area contributed by atoms with Gasteiger partial charge in [0.15, 0.2) is 0 Å². The Kier molecular flexibility index (Phi) is 6.12. The Morgan fingerprint density at radius 3 is 2.41 bits per heavy atom. The number of hydrogen-bond acceptors (Lipinski definition) is 3. The number of aromatic amines is 1. The van der Waals surface area contributed by atoms with Gasteiger partial charge in [-0.05, 0) is 85.7 Å². The van der Waals surface area contributed by atoms with Crippen LogP contribution in [0.25, 0.3) is 22.2 Å². The van der Waals surface area contributed by atoms with E-state index in [0.29, 0.717) is 5.56 Å². The lowest BCUT2D eigenvalue weighted by Crippen LogP contribution is -2.26. The second-order valence-electron chi connectivity index (χ2n) is 9.20. The smallest absolute Gasteiger partial charge is 0.257 e. The fourth-order valence-corrected chi connectivity index (χ4v) is 4.57. The van der Waals surface area contributed by atoms with Crippen molar-refractivity contribution in [1.29, 1.82) is 0 Å². The second-order valence-corrected chi connectivity index (χ2v) is 9.20. The van der Waals surface area contributed by atoms with Crippen molar-refractivity contribution in [3.8, 4) is 11.3 Å². The number of nitrogens with zero attached hydrogens (tertiary/aromatic N) is 1. The van der Waals surface area contributed by atoms with Crippen LogP contribution in [0.15, 0.2) is 73.1 Å². The van der Waals surface area contributed by atoms with Crippen molar-refractivity contribution in [2.75, 3.05) is 10.6 Å². The first-order chi connectivity index (χ1) is 16.5. The molecule has 0 aliphatic heterocycles. The van der Waals surface area contributed by atoms with Gasteiger partial charge in [-0.2, -0.15) is 0 Å². The number of fused-ring (bicyclic) bond motifs is 1. The molecule has 0 spiro atoms. The molecular formula is C28H28N4O2. The number of rotatable bonds is 5. The SMILES string of the molecule is CC1CCC(C(=O)Nc2ccc3[nH]c(-c4ccc(NC(=O)c5cccnc5)cc4)cc3c2)CC1. The van der Waals surface area contributed by atoms with Crippen molar-refractivity contribution in [3.05, 3.63) is 78.6 Å². The van der Waals surface area contributed by atoms with Gasteiger partial charge in [-0.25, -0.2) is 0 Å². The first-order valence-corrected chi connectivity index (χ1v) is 11.8. The molecule has 1 saturated carbocycles. The molecule has 2 heterocycles. The van der Waals surface area contributed by atoms with Gasteiger partial charge >= 0.3 is 0 Å². The molecule has 2 amide bonds. The Labute approximate surface area is 198 Å². The van der Waals surface area contributed by atoms with Crippen LogP contribution in [-0.4, -0.2) is 21.8 Å². The van der Waals surface area contributed by atoms with E-state index in [2.05, 4.69) is 33.6 Å². The minimum atomic E-state index is -0.191. The molecule has 3 N–H and O–H groups in total. The molecule has 0 saturated heterocycles. The molecule has 34 heavy (non-hydrogen) atoms.